The van der Waals surface area contributed by atoms with E-state index in [1.165, 1.54) is 0 Å². The van der Waals surface area contributed by atoms with Gasteiger partial charge in [0.25, 0.3) is 0 Å². The van der Waals surface area contributed by atoms with Crippen molar-refractivity contribution in [3.05, 3.63) is 120 Å². The van der Waals surface area contributed by atoms with Gasteiger partial charge in [-0.1, -0.05) is 24.3 Å². The summed E-state index contributed by atoms with van der Waals surface area (Å²) in [4.78, 5) is 30.5. The van der Waals surface area contributed by atoms with Gasteiger partial charge in [-0.2, -0.15) is 14.2 Å². The van der Waals surface area contributed by atoms with Crippen LogP contribution >= 0.6 is 0 Å². The number of nitrogens with zero attached hydrogens (tertiary/aromatic N) is 6. The maximum absolute atomic E-state index is 8.89. The predicted octanol–water partition coefficient (Wildman–Crippen LogP) is -8.59. The van der Waals surface area contributed by atoms with E-state index in [-0.39, 0.29) is 33.6 Å². The monoisotopic (exact) mass is 863 g/mol. The Morgan fingerprint density at radius 1 is 0.500 bits per heavy atom. The van der Waals surface area contributed by atoms with Crippen molar-refractivity contribution < 1.29 is 111 Å². The average molecular weight is 864 g/mol. The Morgan fingerprint density at radius 3 is 0.769 bits per heavy atom. The molecule has 4 aromatic rings. The third-order valence-corrected chi connectivity index (χ3v) is 4.63. The Hall–Kier alpha value is -2.82. The average Bonchev–Trinajstić information content (AvgIpc) is 3.03. The quantitative estimate of drug-likeness (QED) is 0.159. The van der Waals surface area contributed by atoms with Gasteiger partial charge in [-0.15, -0.1) is 20.5 Å². The minimum atomic E-state index is -4.94. The number of carboxylic acid groups (broad SMARTS) is 1. The molecule has 0 N–H and O–H groups in total. The second-order valence-corrected chi connectivity index (χ2v) is 10.4. The molecule has 0 aromatic carbocycles. The zero-order valence-electron chi connectivity index (χ0n) is 28.6. The molecule has 0 aliphatic heterocycles. The summed E-state index contributed by atoms with van der Waals surface area (Å²) in [6.07, 6.45) is 7.29. The minimum absolute atomic E-state index is 0. The van der Waals surface area contributed by atoms with Crippen LogP contribution in [0.25, 0.3) is 0 Å². The van der Waals surface area contributed by atoms with Crippen molar-refractivity contribution in [2.45, 2.75) is 33.1 Å². The summed E-state index contributed by atoms with van der Waals surface area (Å²) in [6.45, 7) is 4.35. The zero-order valence-corrected chi connectivity index (χ0v) is 32.2. The van der Waals surface area contributed by atoms with Gasteiger partial charge in [-0.05, 0) is 69.6 Å². The van der Waals surface area contributed by atoms with Gasteiger partial charge in [0.2, 0.25) is 0 Å². The third kappa shape index (κ3) is 49.3. The zero-order chi connectivity index (χ0) is 39.0. The summed E-state index contributed by atoms with van der Waals surface area (Å²) < 4.78 is 67.9. The molecule has 22 heteroatoms. The number of rotatable bonds is 8. The number of aromatic nitrogens is 4. The molecule has 0 atom stereocenters. The largest absolute Gasteiger partial charge is 3.00 e. The topological polar surface area (TPSA) is 329 Å². The van der Waals surface area contributed by atoms with Crippen LogP contribution in [-0.2, 0) is 64.5 Å². The summed E-state index contributed by atoms with van der Waals surface area (Å²) in [5, 5.41) is 25.4. The number of hydrogen-bond acceptors (Lipinski definition) is 18. The number of carbonyl (C=O) groups excluding carboxylic acids is 1. The fraction of sp³-hybridized carbons (Fsp3) is 0.300. The van der Waals surface area contributed by atoms with Gasteiger partial charge >= 0.3 is 33.6 Å². The van der Waals surface area contributed by atoms with Crippen molar-refractivity contribution in [1.82, 2.24) is 29.7 Å². The molecule has 52 heavy (non-hydrogen) atoms. The van der Waals surface area contributed by atoms with E-state index in [0.717, 1.165) is 70.1 Å². The fourth-order valence-corrected chi connectivity index (χ4v) is 3.18. The molecule has 0 amide bonds. The van der Waals surface area contributed by atoms with Crippen molar-refractivity contribution in [2.75, 3.05) is 28.3 Å². The number of halogens is 2. The van der Waals surface area contributed by atoms with Gasteiger partial charge in [-0.25, -0.2) is 37.3 Å². The van der Waals surface area contributed by atoms with E-state index in [4.69, 9.17) is 57.4 Å². The molecule has 0 aliphatic carbocycles. The van der Waals surface area contributed by atoms with Crippen LogP contribution in [0.5, 0.6) is 0 Å². The molecular formula is C30H39Cl2Co2N6O12+. The molecule has 0 saturated carbocycles. The Kier molecular flexibility index (Phi) is 41.1. The van der Waals surface area contributed by atoms with Crippen molar-refractivity contribution >= 4 is 5.97 Å². The van der Waals surface area contributed by atoms with Crippen LogP contribution in [0.4, 0.5) is 0 Å². The molecule has 18 nitrogen and oxygen atoms in total. The Labute approximate surface area is 327 Å². The molecule has 4 heterocycles. The molecule has 0 bridgehead atoms. The summed E-state index contributed by atoms with van der Waals surface area (Å²) >= 11 is 0. The van der Waals surface area contributed by atoms with E-state index in [1.54, 1.807) is 0 Å². The number of hydrogen-bond donors (Lipinski definition) is 0. The first-order chi connectivity index (χ1) is 23.4. The van der Waals surface area contributed by atoms with Crippen LogP contribution in [0.1, 0.15) is 29.7 Å². The maximum atomic E-state index is 8.89. The van der Waals surface area contributed by atoms with Crippen molar-refractivity contribution in [3.8, 4) is 0 Å². The minimum Gasteiger partial charge on any atom is -0.857 e. The summed E-state index contributed by atoms with van der Waals surface area (Å²) in [5.41, 5.74) is 4.34. The van der Waals surface area contributed by atoms with E-state index in [2.05, 4.69) is 43.8 Å². The van der Waals surface area contributed by atoms with Gasteiger partial charge in [0.15, 0.2) is 0 Å². The first kappa shape index (κ1) is 58.5. The van der Waals surface area contributed by atoms with Gasteiger partial charge in [0.05, 0.1) is 22.8 Å². The van der Waals surface area contributed by atoms with Gasteiger partial charge < -0.3 is 20.1 Å². The van der Waals surface area contributed by atoms with Crippen LogP contribution in [0.15, 0.2) is 97.6 Å². The molecule has 4 aromatic heterocycles. The normalized spacial score (nSPS) is 9.56. The maximum Gasteiger partial charge on any atom is 3.00 e. The summed E-state index contributed by atoms with van der Waals surface area (Å²) in [5.74, 6) is -1.08. The fourth-order valence-electron chi connectivity index (χ4n) is 3.18. The third-order valence-electron chi connectivity index (χ3n) is 4.63. The van der Waals surface area contributed by atoms with E-state index < -0.39 is 26.5 Å². The molecular weight excluding hydrogens is 825 g/mol. The van der Waals surface area contributed by atoms with Crippen molar-refractivity contribution in [2.24, 2.45) is 0 Å². The SMILES string of the molecule is CC(=O)[O-].CN(Cc1ccccn1)Cc1ccccn1.CN(Cc1ccccn1)Cc1ccccn1.C[O-].C[O-].[Co+3].[Co+3].[O-][Cl+3]([O-])([O-])[O-].[O-][Cl+3]([O-])([O-])[O-]. The van der Waals surface area contributed by atoms with E-state index in [0.29, 0.717) is 0 Å². The van der Waals surface area contributed by atoms with Crippen molar-refractivity contribution in [3.63, 3.8) is 0 Å². The molecule has 0 unspecified atom stereocenters. The van der Waals surface area contributed by atoms with Gasteiger partial charge in [-0.3, -0.25) is 29.7 Å². The molecule has 292 valence electrons. The first-order valence-electron chi connectivity index (χ1n) is 13.6. The summed E-state index contributed by atoms with van der Waals surface area (Å²) in [7, 11) is -4.24. The molecule has 0 aliphatic rings. The first-order valence-corrected chi connectivity index (χ1v) is 16.1. The van der Waals surface area contributed by atoms with E-state index in [1.807, 2.05) is 97.6 Å². The van der Waals surface area contributed by atoms with Gasteiger partial charge in [0, 0.05) is 56.9 Å². The van der Waals surface area contributed by atoms with Gasteiger partial charge in [0.1, 0.15) is 0 Å². The Bertz CT molecular complexity index is 1130. The number of aliphatic carboxylic acids is 1. The molecule has 4 rings (SSSR count). The van der Waals surface area contributed by atoms with Crippen LogP contribution in [-0.4, -0.2) is 64.0 Å². The van der Waals surface area contributed by atoms with Crippen LogP contribution in [0.2, 0.25) is 0 Å². The van der Waals surface area contributed by atoms with E-state index >= 15 is 0 Å². The number of carboxylic acids is 1. The second kappa shape index (κ2) is 36.5. The second-order valence-electron chi connectivity index (χ2n) is 8.88. The summed E-state index contributed by atoms with van der Waals surface area (Å²) in [6, 6.07) is 23.9. The standard InChI is InChI=1S/2C13H15N3.C2H4O2.2CH3O.2ClHO4.2Co/c2*1-16(10-12-6-2-4-8-14-12)11-13-7-3-5-9-15-13;1-2(3)4;2*1-2;2*2-1(3,4)5;;/h2*2-9H,10-11H2,1H3;1H3,(H,3,4);2*1H3;2*(H,2,3,4,5);;/q;;;2*-1;;;2*+3/p-3. The van der Waals surface area contributed by atoms with Crippen LogP contribution < -0.4 is 52.6 Å². The molecule has 0 fully saturated rings. The predicted molar refractivity (Wildman–Crippen MR) is 150 cm³/mol. The van der Waals surface area contributed by atoms with E-state index in [9.17, 15) is 0 Å². The molecule has 0 spiro atoms. The Balaban J connectivity index is -0.000000191. The van der Waals surface area contributed by atoms with Crippen molar-refractivity contribution in [1.29, 1.82) is 0 Å². The molecule has 0 radical (unpaired) electrons. The van der Waals surface area contributed by atoms with Crippen LogP contribution in [0.3, 0.4) is 0 Å². The number of pyridine rings is 4. The number of carbonyl (C=O) groups is 1. The Morgan fingerprint density at radius 2 is 0.654 bits per heavy atom. The van der Waals surface area contributed by atoms with Crippen LogP contribution in [0, 0.1) is 20.5 Å². The molecule has 0 saturated heterocycles. The smallest absolute Gasteiger partial charge is 0.857 e.